The average molecular weight is 194 g/mol. The third kappa shape index (κ3) is 3.36. The SMILES string of the molecule is C=C(C)COC(=O)C1CCC=C(C)C1. The number of ether oxygens (including phenoxy) is 1. The van der Waals surface area contributed by atoms with Crippen molar-refractivity contribution in [3.63, 3.8) is 0 Å². The molecule has 1 atom stereocenters. The van der Waals surface area contributed by atoms with Gasteiger partial charge in [-0.2, -0.15) is 0 Å². The summed E-state index contributed by atoms with van der Waals surface area (Å²) in [7, 11) is 0. The number of hydrogen-bond donors (Lipinski definition) is 0. The van der Waals surface area contributed by atoms with E-state index in [9.17, 15) is 4.79 Å². The van der Waals surface area contributed by atoms with Crippen LogP contribution >= 0.6 is 0 Å². The summed E-state index contributed by atoms with van der Waals surface area (Å²) in [5.41, 5.74) is 2.19. The summed E-state index contributed by atoms with van der Waals surface area (Å²) in [6.07, 6.45) is 4.97. The minimum Gasteiger partial charge on any atom is -0.461 e. The Morgan fingerprint density at radius 3 is 3.00 bits per heavy atom. The molecule has 0 saturated heterocycles. The van der Waals surface area contributed by atoms with Gasteiger partial charge >= 0.3 is 5.97 Å². The lowest BCUT2D eigenvalue weighted by atomic mass is 9.90. The molecule has 1 aliphatic carbocycles. The number of allylic oxidation sites excluding steroid dienone is 2. The lowest BCUT2D eigenvalue weighted by Gasteiger charge is -2.19. The summed E-state index contributed by atoms with van der Waals surface area (Å²) in [4.78, 5) is 11.6. The molecular weight excluding hydrogens is 176 g/mol. The maximum Gasteiger partial charge on any atom is 0.309 e. The van der Waals surface area contributed by atoms with Gasteiger partial charge in [0.2, 0.25) is 0 Å². The normalized spacial score (nSPS) is 21.3. The fraction of sp³-hybridized carbons (Fsp3) is 0.583. The maximum absolute atomic E-state index is 11.6. The molecule has 0 aliphatic heterocycles. The van der Waals surface area contributed by atoms with Crippen molar-refractivity contribution < 1.29 is 9.53 Å². The molecule has 0 aromatic carbocycles. The highest BCUT2D eigenvalue weighted by atomic mass is 16.5. The smallest absolute Gasteiger partial charge is 0.309 e. The highest BCUT2D eigenvalue weighted by Crippen LogP contribution is 2.24. The van der Waals surface area contributed by atoms with Crippen LogP contribution in [-0.4, -0.2) is 12.6 Å². The Morgan fingerprint density at radius 1 is 1.71 bits per heavy atom. The van der Waals surface area contributed by atoms with Crippen molar-refractivity contribution in [2.45, 2.75) is 33.1 Å². The molecule has 2 heteroatoms. The Morgan fingerprint density at radius 2 is 2.43 bits per heavy atom. The molecule has 0 bridgehead atoms. The highest BCUT2D eigenvalue weighted by Gasteiger charge is 2.22. The third-order valence-electron chi connectivity index (χ3n) is 2.37. The van der Waals surface area contributed by atoms with Crippen LogP contribution in [0.25, 0.3) is 0 Å². The van der Waals surface area contributed by atoms with E-state index in [2.05, 4.69) is 19.6 Å². The van der Waals surface area contributed by atoms with Gasteiger partial charge in [0.05, 0.1) is 5.92 Å². The second kappa shape index (κ2) is 4.99. The molecule has 0 N–H and O–H groups in total. The fourth-order valence-electron chi connectivity index (χ4n) is 1.62. The first-order valence-corrected chi connectivity index (χ1v) is 5.06. The Balaban J connectivity index is 2.38. The van der Waals surface area contributed by atoms with E-state index < -0.39 is 0 Å². The number of carbonyl (C=O) groups excluding carboxylic acids is 1. The van der Waals surface area contributed by atoms with Crippen molar-refractivity contribution in [3.05, 3.63) is 23.8 Å². The van der Waals surface area contributed by atoms with E-state index in [1.54, 1.807) is 0 Å². The van der Waals surface area contributed by atoms with Crippen LogP contribution in [0.15, 0.2) is 23.8 Å². The zero-order chi connectivity index (χ0) is 10.6. The van der Waals surface area contributed by atoms with Crippen molar-refractivity contribution in [2.75, 3.05) is 6.61 Å². The Kier molecular flexibility index (Phi) is 3.93. The topological polar surface area (TPSA) is 26.3 Å². The molecule has 78 valence electrons. The number of carbonyl (C=O) groups is 1. The standard InChI is InChI=1S/C12H18O2/c1-9(2)8-14-12(13)11-6-4-5-10(3)7-11/h5,11H,1,4,6-8H2,2-3H3. The molecule has 0 radical (unpaired) electrons. The first-order valence-electron chi connectivity index (χ1n) is 5.06. The van der Waals surface area contributed by atoms with Crippen LogP contribution in [0.3, 0.4) is 0 Å². The zero-order valence-corrected chi connectivity index (χ0v) is 9.01. The third-order valence-corrected chi connectivity index (χ3v) is 2.37. The second-order valence-corrected chi connectivity index (χ2v) is 4.09. The summed E-state index contributed by atoms with van der Waals surface area (Å²) >= 11 is 0. The van der Waals surface area contributed by atoms with Crippen LogP contribution in [0, 0.1) is 5.92 Å². The lowest BCUT2D eigenvalue weighted by Crippen LogP contribution is -2.20. The molecule has 1 aliphatic rings. The zero-order valence-electron chi connectivity index (χ0n) is 9.01. The van der Waals surface area contributed by atoms with Crippen molar-refractivity contribution in [1.29, 1.82) is 0 Å². The molecule has 0 aromatic heterocycles. The molecular formula is C12H18O2. The van der Waals surface area contributed by atoms with Crippen LogP contribution in [0.5, 0.6) is 0 Å². The molecule has 0 spiro atoms. The van der Waals surface area contributed by atoms with Gasteiger partial charge in [-0.15, -0.1) is 0 Å². The summed E-state index contributed by atoms with van der Waals surface area (Å²) in [6, 6.07) is 0. The van der Waals surface area contributed by atoms with E-state index in [-0.39, 0.29) is 11.9 Å². The van der Waals surface area contributed by atoms with Crippen LogP contribution in [-0.2, 0) is 9.53 Å². The van der Waals surface area contributed by atoms with Gasteiger partial charge in [0.25, 0.3) is 0 Å². The fourth-order valence-corrected chi connectivity index (χ4v) is 1.62. The summed E-state index contributed by atoms with van der Waals surface area (Å²) < 4.78 is 5.13. The second-order valence-electron chi connectivity index (χ2n) is 4.09. The minimum atomic E-state index is -0.0690. The minimum absolute atomic E-state index is 0.0688. The molecule has 0 fully saturated rings. The molecule has 14 heavy (non-hydrogen) atoms. The van der Waals surface area contributed by atoms with Crippen molar-refractivity contribution in [2.24, 2.45) is 5.92 Å². The Labute approximate surface area is 85.6 Å². The number of rotatable bonds is 3. The lowest BCUT2D eigenvalue weighted by molar-refractivity contribution is -0.147. The van der Waals surface area contributed by atoms with Crippen LogP contribution in [0.4, 0.5) is 0 Å². The predicted molar refractivity (Wildman–Crippen MR) is 56.9 cm³/mol. The van der Waals surface area contributed by atoms with Gasteiger partial charge in [0, 0.05) is 0 Å². The predicted octanol–water partition coefficient (Wildman–Crippen LogP) is 2.85. The van der Waals surface area contributed by atoms with Crippen LogP contribution in [0.1, 0.15) is 33.1 Å². The molecule has 0 heterocycles. The van der Waals surface area contributed by atoms with E-state index in [4.69, 9.17) is 4.74 Å². The summed E-state index contributed by atoms with van der Waals surface area (Å²) in [5.74, 6) is -0.000185. The maximum atomic E-state index is 11.6. The Bertz CT molecular complexity index is 263. The van der Waals surface area contributed by atoms with Gasteiger partial charge in [-0.25, -0.2) is 0 Å². The average Bonchev–Trinajstić information content (AvgIpc) is 2.14. The highest BCUT2D eigenvalue weighted by molar-refractivity contribution is 5.73. The van der Waals surface area contributed by atoms with Crippen molar-refractivity contribution in [3.8, 4) is 0 Å². The van der Waals surface area contributed by atoms with Crippen LogP contribution < -0.4 is 0 Å². The van der Waals surface area contributed by atoms with Crippen LogP contribution in [0.2, 0.25) is 0 Å². The molecule has 2 nitrogen and oxygen atoms in total. The van der Waals surface area contributed by atoms with Gasteiger partial charge in [0.1, 0.15) is 6.61 Å². The first-order chi connectivity index (χ1) is 6.59. The summed E-state index contributed by atoms with van der Waals surface area (Å²) in [6.45, 7) is 7.99. The number of esters is 1. The van der Waals surface area contributed by atoms with Gasteiger partial charge in [-0.1, -0.05) is 18.2 Å². The molecule has 0 saturated carbocycles. The van der Waals surface area contributed by atoms with Crippen molar-refractivity contribution >= 4 is 5.97 Å². The molecule has 0 amide bonds. The molecule has 1 rings (SSSR count). The molecule has 0 aromatic rings. The summed E-state index contributed by atoms with van der Waals surface area (Å²) in [5, 5.41) is 0. The van der Waals surface area contributed by atoms with E-state index in [0.717, 1.165) is 24.8 Å². The Hall–Kier alpha value is -1.05. The van der Waals surface area contributed by atoms with E-state index in [1.807, 2.05) is 6.92 Å². The first kappa shape index (κ1) is 11.0. The van der Waals surface area contributed by atoms with E-state index in [1.165, 1.54) is 5.57 Å². The quantitative estimate of drug-likeness (QED) is 0.510. The monoisotopic (exact) mass is 194 g/mol. The molecule has 1 unspecified atom stereocenters. The van der Waals surface area contributed by atoms with Gasteiger partial charge < -0.3 is 4.74 Å². The van der Waals surface area contributed by atoms with Gasteiger partial charge in [0.15, 0.2) is 0 Å². The van der Waals surface area contributed by atoms with Gasteiger partial charge in [-0.05, 0) is 38.7 Å². The van der Waals surface area contributed by atoms with Crippen molar-refractivity contribution in [1.82, 2.24) is 0 Å². The van der Waals surface area contributed by atoms with E-state index in [0.29, 0.717) is 6.61 Å². The largest absolute Gasteiger partial charge is 0.461 e. The number of hydrogen-bond acceptors (Lipinski definition) is 2. The van der Waals surface area contributed by atoms with Gasteiger partial charge in [-0.3, -0.25) is 4.79 Å². The van der Waals surface area contributed by atoms with E-state index >= 15 is 0 Å².